The molecule has 0 atom stereocenters. The highest BCUT2D eigenvalue weighted by molar-refractivity contribution is 9.10. The van der Waals surface area contributed by atoms with Crippen molar-refractivity contribution in [1.29, 1.82) is 0 Å². The standard InChI is InChI=1S/C14H12BrNO/c1-17-16-14(11-7-3-2-4-8-11)12-9-5-6-10-13(12)15/h2-10H,1H3/b16-14+. The molecule has 0 aliphatic rings. The van der Waals surface area contributed by atoms with E-state index in [0.29, 0.717) is 0 Å². The van der Waals surface area contributed by atoms with Gasteiger partial charge in [0.1, 0.15) is 12.8 Å². The van der Waals surface area contributed by atoms with Crippen LogP contribution >= 0.6 is 15.9 Å². The van der Waals surface area contributed by atoms with Crippen LogP contribution in [-0.4, -0.2) is 12.8 Å². The summed E-state index contributed by atoms with van der Waals surface area (Å²) in [5.41, 5.74) is 2.86. The molecular weight excluding hydrogens is 278 g/mol. The predicted molar refractivity (Wildman–Crippen MR) is 73.2 cm³/mol. The van der Waals surface area contributed by atoms with Crippen LogP contribution < -0.4 is 0 Å². The number of hydrogen-bond acceptors (Lipinski definition) is 2. The van der Waals surface area contributed by atoms with Gasteiger partial charge in [-0.2, -0.15) is 0 Å². The molecule has 2 nitrogen and oxygen atoms in total. The number of rotatable bonds is 3. The molecule has 0 unspecified atom stereocenters. The van der Waals surface area contributed by atoms with Gasteiger partial charge in [0.25, 0.3) is 0 Å². The zero-order valence-electron chi connectivity index (χ0n) is 9.43. The fourth-order valence-corrected chi connectivity index (χ4v) is 2.07. The first-order chi connectivity index (χ1) is 8.33. The van der Waals surface area contributed by atoms with Crippen LogP contribution in [0.5, 0.6) is 0 Å². The molecule has 0 fully saturated rings. The van der Waals surface area contributed by atoms with Crippen LogP contribution in [0.1, 0.15) is 11.1 Å². The van der Waals surface area contributed by atoms with Gasteiger partial charge in [0.05, 0.1) is 0 Å². The van der Waals surface area contributed by atoms with Crippen LogP contribution in [0.4, 0.5) is 0 Å². The Morgan fingerprint density at radius 2 is 1.65 bits per heavy atom. The molecule has 0 N–H and O–H groups in total. The van der Waals surface area contributed by atoms with Crippen LogP contribution in [0.3, 0.4) is 0 Å². The fourth-order valence-electron chi connectivity index (χ4n) is 1.60. The van der Waals surface area contributed by atoms with E-state index in [-0.39, 0.29) is 0 Å². The molecule has 2 rings (SSSR count). The lowest BCUT2D eigenvalue weighted by Crippen LogP contribution is -2.04. The van der Waals surface area contributed by atoms with Crippen molar-refractivity contribution < 1.29 is 4.84 Å². The van der Waals surface area contributed by atoms with Crippen molar-refractivity contribution in [2.75, 3.05) is 7.11 Å². The van der Waals surface area contributed by atoms with E-state index < -0.39 is 0 Å². The SMILES string of the molecule is CO/N=C(\c1ccccc1)c1ccccc1Br. The lowest BCUT2D eigenvalue weighted by atomic mass is 10.0. The first-order valence-electron chi connectivity index (χ1n) is 5.24. The number of halogens is 1. The minimum absolute atomic E-state index is 0.820. The summed E-state index contributed by atoms with van der Waals surface area (Å²) >= 11 is 3.53. The van der Waals surface area contributed by atoms with E-state index in [4.69, 9.17) is 4.84 Å². The fraction of sp³-hybridized carbons (Fsp3) is 0.0714. The molecule has 0 radical (unpaired) electrons. The molecular formula is C14H12BrNO. The van der Waals surface area contributed by atoms with Crippen molar-refractivity contribution in [2.45, 2.75) is 0 Å². The van der Waals surface area contributed by atoms with E-state index in [1.54, 1.807) is 7.11 Å². The van der Waals surface area contributed by atoms with Gasteiger partial charge in [0.2, 0.25) is 0 Å². The van der Waals surface area contributed by atoms with Crippen LogP contribution in [0.15, 0.2) is 64.2 Å². The lowest BCUT2D eigenvalue weighted by Gasteiger charge is -2.07. The smallest absolute Gasteiger partial charge is 0.118 e. The molecule has 3 heteroatoms. The molecule has 0 amide bonds. The molecule has 0 saturated carbocycles. The summed E-state index contributed by atoms with van der Waals surface area (Å²) in [5, 5.41) is 4.11. The quantitative estimate of drug-likeness (QED) is 0.621. The van der Waals surface area contributed by atoms with Gasteiger partial charge in [0, 0.05) is 15.6 Å². The molecule has 2 aromatic carbocycles. The molecule has 0 aromatic heterocycles. The van der Waals surface area contributed by atoms with E-state index in [9.17, 15) is 0 Å². The van der Waals surface area contributed by atoms with Gasteiger partial charge < -0.3 is 4.84 Å². The van der Waals surface area contributed by atoms with Crippen molar-refractivity contribution in [3.05, 3.63) is 70.2 Å². The average molecular weight is 290 g/mol. The summed E-state index contributed by atoms with van der Waals surface area (Å²) in [4.78, 5) is 4.93. The Hall–Kier alpha value is -1.61. The first-order valence-corrected chi connectivity index (χ1v) is 6.03. The second kappa shape index (κ2) is 5.64. The maximum atomic E-state index is 4.93. The summed E-state index contributed by atoms with van der Waals surface area (Å²) in [6, 6.07) is 17.9. The maximum Gasteiger partial charge on any atom is 0.118 e. The molecule has 17 heavy (non-hydrogen) atoms. The normalized spacial score (nSPS) is 11.3. The van der Waals surface area contributed by atoms with Crippen LogP contribution in [0.25, 0.3) is 0 Å². The summed E-state index contributed by atoms with van der Waals surface area (Å²) < 4.78 is 1.000. The predicted octanol–water partition coefficient (Wildman–Crippen LogP) is 3.85. The Morgan fingerprint density at radius 1 is 1.00 bits per heavy atom. The summed E-state index contributed by atoms with van der Waals surface area (Å²) in [7, 11) is 1.56. The van der Waals surface area contributed by atoms with Gasteiger partial charge in [-0.1, -0.05) is 69.6 Å². The Balaban J connectivity index is 2.52. The highest BCUT2D eigenvalue weighted by atomic mass is 79.9. The number of hydrogen-bond donors (Lipinski definition) is 0. The highest BCUT2D eigenvalue weighted by Gasteiger charge is 2.10. The van der Waals surface area contributed by atoms with Crippen molar-refractivity contribution >= 4 is 21.6 Å². The maximum absolute atomic E-state index is 4.93. The third-order valence-corrected chi connectivity index (χ3v) is 3.05. The van der Waals surface area contributed by atoms with E-state index in [1.807, 2.05) is 54.6 Å². The molecule has 86 valence electrons. The third kappa shape index (κ3) is 2.74. The Labute approximate surface area is 109 Å². The Kier molecular flexibility index (Phi) is 3.94. The average Bonchev–Trinajstić information content (AvgIpc) is 2.38. The zero-order chi connectivity index (χ0) is 12.1. The number of oxime groups is 1. The van der Waals surface area contributed by atoms with Gasteiger partial charge in [-0.15, -0.1) is 0 Å². The van der Waals surface area contributed by atoms with Crippen molar-refractivity contribution in [1.82, 2.24) is 0 Å². The number of benzene rings is 2. The summed E-state index contributed by atoms with van der Waals surface area (Å²) in [5.74, 6) is 0. The monoisotopic (exact) mass is 289 g/mol. The van der Waals surface area contributed by atoms with Gasteiger partial charge in [-0.3, -0.25) is 0 Å². The minimum atomic E-state index is 0.820. The molecule has 0 spiro atoms. The summed E-state index contributed by atoms with van der Waals surface area (Å²) in [6.45, 7) is 0. The number of nitrogens with zero attached hydrogens (tertiary/aromatic N) is 1. The van der Waals surface area contributed by atoms with E-state index in [2.05, 4.69) is 21.1 Å². The Morgan fingerprint density at radius 3 is 2.29 bits per heavy atom. The van der Waals surface area contributed by atoms with Gasteiger partial charge >= 0.3 is 0 Å². The largest absolute Gasteiger partial charge is 0.399 e. The second-order valence-corrected chi connectivity index (χ2v) is 4.32. The van der Waals surface area contributed by atoms with Crippen molar-refractivity contribution in [2.24, 2.45) is 5.16 Å². The molecule has 0 heterocycles. The van der Waals surface area contributed by atoms with Crippen molar-refractivity contribution in [3.63, 3.8) is 0 Å². The Bertz CT molecular complexity index is 523. The van der Waals surface area contributed by atoms with Gasteiger partial charge in [-0.25, -0.2) is 0 Å². The van der Waals surface area contributed by atoms with Crippen LogP contribution in [0, 0.1) is 0 Å². The van der Waals surface area contributed by atoms with E-state index >= 15 is 0 Å². The van der Waals surface area contributed by atoms with Crippen LogP contribution in [-0.2, 0) is 4.84 Å². The molecule has 0 bridgehead atoms. The lowest BCUT2D eigenvalue weighted by molar-refractivity contribution is 0.214. The second-order valence-electron chi connectivity index (χ2n) is 3.47. The van der Waals surface area contributed by atoms with E-state index in [1.165, 1.54) is 0 Å². The third-order valence-electron chi connectivity index (χ3n) is 2.36. The first kappa shape index (κ1) is 11.9. The molecule has 0 aliphatic carbocycles. The molecule has 0 aliphatic heterocycles. The van der Waals surface area contributed by atoms with Gasteiger partial charge in [0.15, 0.2) is 0 Å². The van der Waals surface area contributed by atoms with E-state index in [0.717, 1.165) is 21.3 Å². The van der Waals surface area contributed by atoms with Gasteiger partial charge in [-0.05, 0) is 6.07 Å². The highest BCUT2D eigenvalue weighted by Crippen LogP contribution is 2.20. The van der Waals surface area contributed by atoms with Crippen LogP contribution in [0.2, 0.25) is 0 Å². The topological polar surface area (TPSA) is 21.6 Å². The molecule has 2 aromatic rings. The zero-order valence-corrected chi connectivity index (χ0v) is 11.0. The van der Waals surface area contributed by atoms with Crippen molar-refractivity contribution in [3.8, 4) is 0 Å². The minimum Gasteiger partial charge on any atom is -0.399 e. The molecule has 0 saturated heterocycles. The summed E-state index contributed by atoms with van der Waals surface area (Å²) in [6.07, 6.45) is 0.